The molecule has 6 nitrogen and oxygen atoms in total. The van der Waals surface area contributed by atoms with Gasteiger partial charge in [-0.2, -0.15) is 18.4 Å². The first-order valence-electron chi connectivity index (χ1n) is 7.74. The van der Waals surface area contributed by atoms with Gasteiger partial charge in [-0.15, -0.1) is 0 Å². The Kier molecular flexibility index (Phi) is 6.39. The Balaban J connectivity index is 2.25. The van der Waals surface area contributed by atoms with E-state index in [-0.39, 0.29) is 17.0 Å². The van der Waals surface area contributed by atoms with E-state index in [1.54, 1.807) is 18.2 Å². The Hall–Kier alpha value is -3.80. The van der Waals surface area contributed by atoms with Crippen molar-refractivity contribution in [2.45, 2.75) is 6.18 Å². The summed E-state index contributed by atoms with van der Waals surface area (Å²) in [6, 6.07) is 11.7. The van der Waals surface area contributed by atoms with Crippen molar-refractivity contribution < 1.29 is 32.6 Å². The molecule has 0 aromatic heterocycles. The molecule has 0 aliphatic heterocycles. The van der Waals surface area contributed by atoms with Gasteiger partial charge >= 0.3 is 12.1 Å². The number of rotatable bonds is 6. The lowest BCUT2D eigenvalue weighted by Crippen LogP contribution is -2.14. The van der Waals surface area contributed by atoms with Crippen molar-refractivity contribution >= 4 is 23.6 Å². The van der Waals surface area contributed by atoms with Gasteiger partial charge in [-0.25, -0.2) is 4.79 Å². The number of alkyl halides is 3. The maximum atomic E-state index is 12.8. The van der Waals surface area contributed by atoms with E-state index >= 15 is 0 Å². The highest BCUT2D eigenvalue weighted by molar-refractivity contribution is 6.09. The number of carboxylic acid groups (broad SMARTS) is 1. The average molecular weight is 390 g/mol. The summed E-state index contributed by atoms with van der Waals surface area (Å²) in [6.45, 7) is -0.622. The predicted octanol–water partition coefficient (Wildman–Crippen LogP) is 3.71. The van der Waals surface area contributed by atoms with E-state index in [1.165, 1.54) is 18.2 Å². The maximum Gasteiger partial charge on any atom is 0.416 e. The first-order valence-corrected chi connectivity index (χ1v) is 7.74. The first kappa shape index (κ1) is 20.5. The third kappa shape index (κ3) is 5.60. The molecule has 0 aliphatic rings. The Labute approximate surface area is 157 Å². The zero-order valence-electron chi connectivity index (χ0n) is 14.2. The van der Waals surface area contributed by atoms with Crippen molar-refractivity contribution in [1.82, 2.24) is 0 Å². The zero-order chi connectivity index (χ0) is 20.7. The molecule has 0 unspecified atom stereocenters. The summed E-state index contributed by atoms with van der Waals surface area (Å²) in [6.07, 6.45) is -3.42. The van der Waals surface area contributed by atoms with Crippen LogP contribution in [0, 0.1) is 11.3 Å². The number of nitrogens with zero attached hydrogens (tertiary/aromatic N) is 1. The number of hydrogen-bond acceptors (Lipinski definition) is 4. The molecule has 2 N–H and O–H groups in total. The lowest BCUT2D eigenvalue weighted by molar-refractivity contribution is -0.139. The fourth-order valence-electron chi connectivity index (χ4n) is 2.15. The highest BCUT2D eigenvalue weighted by atomic mass is 19.4. The molecule has 2 aromatic rings. The fourth-order valence-corrected chi connectivity index (χ4v) is 2.15. The summed E-state index contributed by atoms with van der Waals surface area (Å²) < 4.78 is 43.4. The quantitative estimate of drug-likeness (QED) is 0.579. The van der Waals surface area contributed by atoms with Crippen LogP contribution in [0.25, 0.3) is 6.08 Å². The van der Waals surface area contributed by atoms with Crippen molar-refractivity contribution in [1.29, 1.82) is 5.26 Å². The van der Waals surface area contributed by atoms with Crippen LogP contribution < -0.4 is 10.1 Å². The molecule has 2 rings (SSSR count). The number of carbonyl (C=O) groups excluding carboxylic acids is 1. The van der Waals surface area contributed by atoms with E-state index in [0.717, 1.165) is 24.3 Å². The minimum Gasteiger partial charge on any atom is -0.481 e. The summed E-state index contributed by atoms with van der Waals surface area (Å²) >= 11 is 0. The summed E-state index contributed by atoms with van der Waals surface area (Å²) in [7, 11) is 0. The number of para-hydroxylation sites is 1. The van der Waals surface area contributed by atoms with Gasteiger partial charge in [0, 0.05) is 11.3 Å². The van der Waals surface area contributed by atoms with E-state index in [0.29, 0.717) is 0 Å². The van der Waals surface area contributed by atoms with Crippen molar-refractivity contribution in [2.24, 2.45) is 0 Å². The molecule has 0 bridgehead atoms. The number of benzene rings is 2. The number of halogens is 3. The number of carbonyl (C=O) groups is 2. The van der Waals surface area contributed by atoms with Crippen LogP contribution in [0.4, 0.5) is 18.9 Å². The van der Waals surface area contributed by atoms with E-state index in [2.05, 4.69) is 5.32 Å². The summed E-state index contributed by atoms with van der Waals surface area (Å²) in [4.78, 5) is 22.9. The van der Waals surface area contributed by atoms with Crippen LogP contribution in [0.3, 0.4) is 0 Å². The van der Waals surface area contributed by atoms with Gasteiger partial charge in [-0.3, -0.25) is 4.79 Å². The minimum atomic E-state index is -4.57. The van der Waals surface area contributed by atoms with Gasteiger partial charge in [-0.05, 0) is 30.3 Å². The molecule has 0 fully saturated rings. The topological polar surface area (TPSA) is 99.4 Å². The number of carboxylic acids is 1. The van der Waals surface area contributed by atoms with E-state index in [4.69, 9.17) is 9.84 Å². The van der Waals surface area contributed by atoms with E-state index in [1.807, 2.05) is 0 Å². The lowest BCUT2D eigenvalue weighted by atomic mass is 10.1. The number of hydrogen-bond donors (Lipinski definition) is 2. The predicted molar refractivity (Wildman–Crippen MR) is 93.2 cm³/mol. The van der Waals surface area contributed by atoms with Crippen LogP contribution in [0.5, 0.6) is 5.75 Å². The molecule has 144 valence electrons. The maximum absolute atomic E-state index is 12.8. The third-order valence-electron chi connectivity index (χ3n) is 3.38. The molecule has 0 saturated carbocycles. The standard InChI is InChI=1S/C19H13F3N2O4/c20-19(21,22)14-5-3-6-15(9-14)24-18(27)13(10-23)8-12-4-1-2-7-16(12)28-11-17(25)26/h1-9H,11H2,(H,24,27)(H,25,26)/b13-8+. The first-order chi connectivity index (χ1) is 13.2. The number of ether oxygens (including phenoxy) is 1. The second-order valence-corrected chi connectivity index (χ2v) is 5.42. The molecule has 1 amide bonds. The van der Waals surface area contributed by atoms with Gasteiger partial charge < -0.3 is 15.2 Å². The zero-order valence-corrected chi connectivity index (χ0v) is 14.2. The minimum absolute atomic E-state index is 0.128. The molecule has 9 heteroatoms. The van der Waals surface area contributed by atoms with Crippen molar-refractivity contribution in [2.75, 3.05) is 11.9 Å². The number of anilines is 1. The van der Waals surface area contributed by atoms with Crippen molar-refractivity contribution in [3.63, 3.8) is 0 Å². The van der Waals surface area contributed by atoms with Crippen LogP contribution in [-0.4, -0.2) is 23.6 Å². The average Bonchev–Trinajstić information content (AvgIpc) is 2.64. The van der Waals surface area contributed by atoms with E-state index < -0.39 is 35.8 Å². The summed E-state index contributed by atoms with van der Waals surface area (Å²) in [5.74, 6) is -2.00. The Morgan fingerprint density at radius 2 is 1.89 bits per heavy atom. The summed E-state index contributed by atoms with van der Waals surface area (Å²) in [5, 5.41) is 20.2. The normalized spacial score (nSPS) is 11.4. The third-order valence-corrected chi connectivity index (χ3v) is 3.38. The van der Waals surface area contributed by atoms with Gasteiger partial charge in [0.15, 0.2) is 6.61 Å². The molecular weight excluding hydrogens is 377 g/mol. The van der Waals surface area contributed by atoms with Crippen LogP contribution in [0.2, 0.25) is 0 Å². The lowest BCUT2D eigenvalue weighted by Gasteiger charge is -2.10. The molecule has 0 saturated heterocycles. The smallest absolute Gasteiger partial charge is 0.416 e. The van der Waals surface area contributed by atoms with Crippen molar-refractivity contribution in [3.8, 4) is 11.8 Å². The molecule has 0 heterocycles. The molecule has 28 heavy (non-hydrogen) atoms. The largest absolute Gasteiger partial charge is 0.481 e. The molecule has 0 spiro atoms. The van der Waals surface area contributed by atoms with Crippen molar-refractivity contribution in [3.05, 3.63) is 65.2 Å². The van der Waals surface area contributed by atoms with Gasteiger partial charge in [0.05, 0.1) is 5.56 Å². The Bertz CT molecular complexity index is 962. The van der Waals surface area contributed by atoms with Crippen LogP contribution in [-0.2, 0) is 15.8 Å². The highest BCUT2D eigenvalue weighted by Crippen LogP contribution is 2.30. The second-order valence-electron chi connectivity index (χ2n) is 5.42. The van der Waals surface area contributed by atoms with Gasteiger partial charge in [0.25, 0.3) is 5.91 Å². The Morgan fingerprint density at radius 3 is 2.54 bits per heavy atom. The van der Waals surface area contributed by atoms with Gasteiger partial charge in [0.2, 0.25) is 0 Å². The molecule has 2 aromatic carbocycles. The Morgan fingerprint density at radius 1 is 1.18 bits per heavy atom. The second kappa shape index (κ2) is 8.73. The molecule has 0 aliphatic carbocycles. The number of nitriles is 1. The molecular formula is C19H13F3N2O4. The number of nitrogens with one attached hydrogen (secondary N) is 1. The monoisotopic (exact) mass is 390 g/mol. The van der Waals surface area contributed by atoms with Crippen LogP contribution >= 0.6 is 0 Å². The van der Waals surface area contributed by atoms with Gasteiger partial charge in [0.1, 0.15) is 17.4 Å². The van der Waals surface area contributed by atoms with Crippen LogP contribution in [0.15, 0.2) is 54.1 Å². The van der Waals surface area contributed by atoms with Crippen LogP contribution in [0.1, 0.15) is 11.1 Å². The summed E-state index contributed by atoms with van der Waals surface area (Å²) in [5.41, 5.74) is -1.21. The fraction of sp³-hybridized carbons (Fsp3) is 0.105. The molecule has 0 atom stereocenters. The number of aliphatic carboxylic acids is 1. The molecule has 0 radical (unpaired) electrons. The number of amides is 1. The highest BCUT2D eigenvalue weighted by Gasteiger charge is 2.30. The SMILES string of the molecule is N#C/C(=C\c1ccccc1OCC(=O)O)C(=O)Nc1cccc(C(F)(F)F)c1. The van der Waals surface area contributed by atoms with Gasteiger partial charge in [-0.1, -0.05) is 24.3 Å². The van der Waals surface area contributed by atoms with E-state index in [9.17, 15) is 28.0 Å².